The molecular formula is C15H23IN4O2. The van der Waals surface area contributed by atoms with Gasteiger partial charge in [-0.15, -0.1) is 24.0 Å². The van der Waals surface area contributed by atoms with E-state index in [1.165, 1.54) is 25.0 Å². The van der Waals surface area contributed by atoms with Gasteiger partial charge in [0.25, 0.3) is 5.69 Å². The highest BCUT2D eigenvalue weighted by Gasteiger charge is 2.15. The molecule has 0 saturated carbocycles. The Kier molecular flexibility index (Phi) is 8.15. The van der Waals surface area contributed by atoms with E-state index in [0.717, 1.165) is 37.6 Å². The van der Waals surface area contributed by atoms with Crippen LogP contribution in [-0.2, 0) is 6.54 Å². The maximum absolute atomic E-state index is 10.6. The number of hydrogen-bond donors (Lipinski definition) is 1. The smallest absolute Gasteiger partial charge is 0.269 e. The van der Waals surface area contributed by atoms with Crippen molar-refractivity contribution >= 4 is 35.6 Å². The highest BCUT2D eigenvalue weighted by molar-refractivity contribution is 14.0. The molecule has 0 aromatic heterocycles. The molecule has 0 radical (unpaired) electrons. The predicted octanol–water partition coefficient (Wildman–Crippen LogP) is 3.16. The molecular weight excluding hydrogens is 395 g/mol. The van der Waals surface area contributed by atoms with Crippen molar-refractivity contribution in [3.05, 3.63) is 39.9 Å². The summed E-state index contributed by atoms with van der Waals surface area (Å²) in [6, 6.07) is 6.59. The molecule has 0 spiro atoms. The first-order valence-corrected chi connectivity index (χ1v) is 7.47. The summed E-state index contributed by atoms with van der Waals surface area (Å²) in [6.07, 6.45) is 3.49. The molecule has 1 N–H and O–H groups in total. The van der Waals surface area contributed by atoms with E-state index in [9.17, 15) is 10.1 Å². The van der Waals surface area contributed by atoms with Gasteiger partial charge in [-0.05, 0) is 24.8 Å². The summed E-state index contributed by atoms with van der Waals surface area (Å²) in [7, 11) is 0. The molecule has 0 atom stereocenters. The summed E-state index contributed by atoms with van der Waals surface area (Å²) in [5.74, 6) is 0.952. The lowest BCUT2D eigenvalue weighted by molar-refractivity contribution is -0.384. The maximum Gasteiger partial charge on any atom is 0.269 e. The van der Waals surface area contributed by atoms with Crippen molar-refractivity contribution < 1.29 is 4.92 Å². The van der Waals surface area contributed by atoms with Gasteiger partial charge in [0, 0.05) is 31.8 Å². The van der Waals surface area contributed by atoms with E-state index in [4.69, 9.17) is 0 Å². The number of nitrogens with zero attached hydrogens (tertiary/aromatic N) is 3. The quantitative estimate of drug-likeness (QED) is 0.262. The minimum absolute atomic E-state index is 0. The summed E-state index contributed by atoms with van der Waals surface area (Å²) in [5.41, 5.74) is 1.10. The van der Waals surface area contributed by atoms with Crippen LogP contribution in [0.3, 0.4) is 0 Å². The molecule has 0 amide bonds. The second-order valence-corrected chi connectivity index (χ2v) is 5.18. The van der Waals surface area contributed by atoms with Crippen LogP contribution in [0.25, 0.3) is 0 Å². The molecule has 0 bridgehead atoms. The van der Waals surface area contributed by atoms with Crippen LogP contribution in [0.15, 0.2) is 29.3 Å². The molecule has 122 valence electrons. The number of benzene rings is 1. The molecule has 1 aromatic rings. The Morgan fingerprint density at radius 3 is 2.50 bits per heavy atom. The summed E-state index contributed by atoms with van der Waals surface area (Å²) in [6.45, 7) is 5.69. The van der Waals surface area contributed by atoms with Crippen LogP contribution in [0, 0.1) is 10.1 Å². The fourth-order valence-corrected chi connectivity index (χ4v) is 2.32. The van der Waals surface area contributed by atoms with Crippen LogP contribution in [0.1, 0.15) is 31.7 Å². The fraction of sp³-hybridized carbons (Fsp3) is 0.533. The van der Waals surface area contributed by atoms with Gasteiger partial charge in [-0.25, -0.2) is 4.99 Å². The summed E-state index contributed by atoms with van der Waals surface area (Å²) in [4.78, 5) is 17.2. The minimum Gasteiger partial charge on any atom is -0.356 e. The number of nitro benzene ring substituents is 1. The van der Waals surface area contributed by atoms with Gasteiger partial charge >= 0.3 is 0 Å². The first-order valence-electron chi connectivity index (χ1n) is 7.47. The maximum atomic E-state index is 10.6. The van der Waals surface area contributed by atoms with Gasteiger partial charge in [-0.3, -0.25) is 10.1 Å². The predicted molar refractivity (Wildman–Crippen MR) is 98.8 cm³/mol. The van der Waals surface area contributed by atoms with Crippen LogP contribution in [0.5, 0.6) is 0 Å². The molecule has 1 aromatic carbocycles. The Morgan fingerprint density at radius 1 is 1.32 bits per heavy atom. The number of hydrogen-bond acceptors (Lipinski definition) is 3. The third kappa shape index (κ3) is 5.43. The van der Waals surface area contributed by atoms with Crippen LogP contribution in [0.2, 0.25) is 0 Å². The molecule has 0 unspecified atom stereocenters. The zero-order valence-corrected chi connectivity index (χ0v) is 15.2. The van der Waals surface area contributed by atoms with E-state index in [1.807, 2.05) is 0 Å². The Hall–Kier alpha value is -1.38. The molecule has 6 nitrogen and oxygen atoms in total. The third-order valence-electron chi connectivity index (χ3n) is 3.50. The first-order chi connectivity index (χ1) is 10.2. The van der Waals surface area contributed by atoms with Crippen molar-refractivity contribution in [3.8, 4) is 0 Å². The molecule has 1 aliphatic rings. The minimum atomic E-state index is -0.383. The van der Waals surface area contributed by atoms with Crippen molar-refractivity contribution in [2.24, 2.45) is 4.99 Å². The molecule has 1 aliphatic heterocycles. The van der Waals surface area contributed by atoms with Gasteiger partial charge in [0.15, 0.2) is 5.96 Å². The zero-order valence-electron chi connectivity index (χ0n) is 12.8. The van der Waals surface area contributed by atoms with Crippen LogP contribution >= 0.6 is 24.0 Å². The van der Waals surface area contributed by atoms with Crippen molar-refractivity contribution in [2.75, 3.05) is 19.6 Å². The highest BCUT2D eigenvalue weighted by atomic mass is 127. The molecule has 7 heteroatoms. The lowest BCUT2D eigenvalue weighted by atomic mass is 10.2. The lowest BCUT2D eigenvalue weighted by Crippen LogP contribution is -2.40. The molecule has 1 fully saturated rings. The van der Waals surface area contributed by atoms with E-state index in [0.29, 0.717) is 6.54 Å². The average molecular weight is 418 g/mol. The van der Waals surface area contributed by atoms with E-state index >= 15 is 0 Å². The molecule has 0 aliphatic carbocycles. The van der Waals surface area contributed by atoms with Gasteiger partial charge in [0.1, 0.15) is 0 Å². The van der Waals surface area contributed by atoms with E-state index < -0.39 is 0 Å². The van der Waals surface area contributed by atoms with E-state index in [-0.39, 0.29) is 34.6 Å². The van der Waals surface area contributed by atoms with Gasteiger partial charge in [-0.1, -0.05) is 19.1 Å². The number of nitrogens with one attached hydrogen (secondary N) is 1. The lowest BCUT2D eigenvalue weighted by Gasteiger charge is -2.21. The molecule has 22 heavy (non-hydrogen) atoms. The SMILES string of the molecule is CCCNC(=NCc1ccc([N+](=O)[O-])cc1)N1CCCC1.I. The number of likely N-dealkylation sites (tertiary alicyclic amines) is 1. The number of non-ortho nitro benzene ring substituents is 1. The van der Waals surface area contributed by atoms with Gasteiger partial charge < -0.3 is 10.2 Å². The number of aliphatic imine (C=N–C) groups is 1. The highest BCUT2D eigenvalue weighted by Crippen LogP contribution is 2.13. The molecule has 2 rings (SSSR count). The third-order valence-corrected chi connectivity index (χ3v) is 3.50. The Labute approximate surface area is 148 Å². The van der Waals surface area contributed by atoms with Gasteiger partial charge in [0.2, 0.25) is 0 Å². The molecule has 1 saturated heterocycles. The topological polar surface area (TPSA) is 70.8 Å². The van der Waals surface area contributed by atoms with E-state index in [1.54, 1.807) is 12.1 Å². The van der Waals surface area contributed by atoms with Crippen LogP contribution in [-0.4, -0.2) is 35.4 Å². The monoisotopic (exact) mass is 418 g/mol. The van der Waals surface area contributed by atoms with Gasteiger partial charge in [0.05, 0.1) is 11.5 Å². The fourth-order valence-electron chi connectivity index (χ4n) is 2.32. The van der Waals surface area contributed by atoms with Crippen molar-refractivity contribution in [1.29, 1.82) is 0 Å². The standard InChI is InChI=1S/C15H22N4O2.HI/c1-2-9-16-15(18-10-3-4-11-18)17-12-13-5-7-14(8-6-13)19(20)21;/h5-8H,2-4,9-12H2,1H3,(H,16,17);1H. The normalized spacial score (nSPS) is 14.6. The largest absolute Gasteiger partial charge is 0.356 e. The van der Waals surface area contributed by atoms with E-state index in [2.05, 4.69) is 22.1 Å². The number of guanidine groups is 1. The van der Waals surface area contributed by atoms with Crippen LogP contribution in [0.4, 0.5) is 5.69 Å². The summed E-state index contributed by atoms with van der Waals surface area (Å²) in [5, 5.41) is 14.0. The number of nitro groups is 1. The second-order valence-electron chi connectivity index (χ2n) is 5.18. The van der Waals surface area contributed by atoms with Gasteiger partial charge in [-0.2, -0.15) is 0 Å². The Balaban J connectivity index is 0.00000242. The summed E-state index contributed by atoms with van der Waals surface area (Å²) >= 11 is 0. The molecule has 1 heterocycles. The Bertz CT molecular complexity index is 499. The van der Waals surface area contributed by atoms with Crippen molar-refractivity contribution in [2.45, 2.75) is 32.7 Å². The summed E-state index contributed by atoms with van der Waals surface area (Å²) < 4.78 is 0. The zero-order chi connectivity index (χ0) is 15.1. The van der Waals surface area contributed by atoms with Crippen LogP contribution < -0.4 is 5.32 Å². The number of rotatable bonds is 5. The first kappa shape index (κ1) is 18.7. The second kappa shape index (κ2) is 9.60. The Morgan fingerprint density at radius 2 is 1.95 bits per heavy atom. The average Bonchev–Trinajstić information content (AvgIpc) is 3.02. The van der Waals surface area contributed by atoms with Crippen molar-refractivity contribution in [3.63, 3.8) is 0 Å². The number of halogens is 1. The van der Waals surface area contributed by atoms with Crippen molar-refractivity contribution in [1.82, 2.24) is 10.2 Å².